The average molecular weight is 937 g/mol. The Balaban J connectivity index is 0.000000183. The third-order valence-electron chi connectivity index (χ3n) is 10.3. The van der Waals surface area contributed by atoms with Crippen molar-refractivity contribution in [3.05, 3.63) is 133 Å². The van der Waals surface area contributed by atoms with Gasteiger partial charge in [0, 0.05) is 37.3 Å². The number of rotatable bonds is 6. The zero-order chi connectivity index (χ0) is 36.3. The van der Waals surface area contributed by atoms with E-state index >= 15 is 0 Å². The molecule has 4 aromatic heterocycles. The zero-order valence-corrected chi connectivity index (χ0v) is 36.3. The first-order valence-corrected chi connectivity index (χ1v) is 26.1. The molecule has 1 aliphatic carbocycles. The largest absolute Gasteiger partial charge is 0 e. The molecular formula is C47H49GeIrN3O-2. The van der Waals surface area contributed by atoms with Crippen LogP contribution < -0.4 is 4.40 Å². The summed E-state index contributed by atoms with van der Waals surface area (Å²) in [4.78, 5) is 14.2. The Morgan fingerprint density at radius 2 is 1.53 bits per heavy atom. The van der Waals surface area contributed by atoms with Gasteiger partial charge in [-0.15, -0.1) is 18.2 Å². The van der Waals surface area contributed by atoms with E-state index in [1.165, 1.54) is 44.1 Å². The van der Waals surface area contributed by atoms with Gasteiger partial charge < -0.3 is 9.40 Å². The molecule has 0 saturated heterocycles. The first-order valence-electron chi connectivity index (χ1n) is 18.8. The molecule has 7 aromatic rings. The van der Waals surface area contributed by atoms with E-state index in [4.69, 9.17) is 14.4 Å². The molecule has 273 valence electrons. The third-order valence-corrected chi connectivity index (χ3v) is 14.6. The summed E-state index contributed by atoms with van der Waals surface area (Å²) in [5.74, 6) is 8.32. The SMILES string of the molecule is CC(C)(C)c1ccnc(-c2[c-]ccc3c2oc2nc(-c4ccccc4)ccc23)c1.[CH3][Ge]([CH3])([CH3])[c]1cnc(-c2[c-]cccc2)cc1CC1CCCCC1.[Ir]. The zero-order valence-electron chi connectivity index (χ0n) is 31.8. The molecule has 1 aliphatic rings. The van der Waals surface area contributed by atoms with E-state index < -0.39 is 13.3 Å². The average Bonchev–Trinajstić information content (AvgIpc) is 3.54. The topological polar surface area (TPSA) is 51.8 Å². The van der Waals surface area contributed by atoms with Gasteiger partial charge in [0.05, 0.1) is 11.3 Å². The molecule has 0 spiro atoms. The molecule has 1 fully saturated rings. The van der Waals surface area contributed by atoms with E-state index in [9.17, 15) is 0 Å². The summed E-state index contributed by atoms with van der Waals surface area (Å²) in [6.07, 6.45) is 12.4. The van der Waals surface area contributed by atoms with E-state index in [0.29, 0.717) is 5.71 Å². The van der Waals surface area contributed by atoms with Gasteiger partial charge in [-0.05, 0) is 34.9 Å². The van der Waals surface area contributed by atoms with Crippen LogP contribution in [0.15, 0.2) is 114 Å². The van der Waals surface area contributed by atoms with E-state index in [1.54, 1.807) is 9.96 Å². The Morgan fingerprint density at radius 3 is 2.25 bits per heavy atom. The van der Waals surface area contributed by atoms with Crippen molar-refractivity contribution in [2.45, 2.75) is 82.0 Å². The van der Waals surface area contributed by atoms with E-state index in [0.717, 1.165) is 56.0 Å². The van der Waals surface area contributed by atoms with Gasteiger partial charge in [-0.2, -0.15) is 0 Å². The molecule has 1 radical (unpaired) electrons. The van der Waals surface area contributed by atoms with Crippen LogP contribution in [0.25, 0.3) is 55.8 Å². The summed E-state index contributed by atoms with van der Waals surface area (Å²) in [5, 5.41) is 2.03. The van der Waals surface area contributed by atoms with Gasteiger partial charge in [-0.1, -0.05) is 68.1 Å². The van der Waals surface area contributed by atoms with Gasteiger partial charge in [-0.25, -0.2) is 4.98 Å². The minimum Gasteiger partial charge on any atom is 0 e. The van der Waals surface area contributed by atoms with Crippen molar-refractivity contribution in [3.63, 3.8) is 0 Å². The Hall–Kier alpha value is -3.90. The Kier molecular flexibility index (Phi) is 12.2. The van der Waals surface area contributed by atoms with Crippen LogP contribution in [0.1, 0.15) is 64.0 Å². The molecule has 0 bridgehead atoms. The van der Waals surface area contributed by atoms with Crippen LogP contribution in [-0.4, -0.2) is 28.2 Å². The number of pyridine rings is 3. The molecule has 6 heteroatoms. The molecule has 4 nitrogen and oxygen atoms in total. The standard InChI is InChI=1S/C26H21N2O.C21H28GeN.Ir/c1-26(2,3)18-14-15-27-23(16-18)21-11-7-10-19-20-12-13-22(17-8-5-4-6-9-17)28-25(20)29-24(19)21;1-22(2,3)20-16-23-21(18-12-8-5-9-13-18)15-19(20)14-17-10-6-4-7-11-17;/h4-10,12-16H,1-3H3;5,8-9,12,15-17H,4,6-7,10-11,14H2,1-3H3;/q2*-1;. The maximum Gasteiger partial charge on any atom is 0 e. The maximum absolute atomic E-state index is 6.24. The molecule has 4 heterocycles. The maximum atomic E-state index is 6.24. The fraction of sp³-hybridized carbons (Fsp3) is 0.298. The molecule has 0 amide bonds. The minimum atomic E-state index is -1.89. The second-order valence-corrected chi connectivity index (χ2v) is 26.8. The van der Waals surface area contributed by atoms with E-state index in [-0.39, 0.29) is 25.5 Å². The van der Waals surface area contributed by atoms with Crippen molar-refractivity contribution in [2.24, 2.45) is 5.92 Å². The summed E-state index contributed by atoms with van der Waals surface area (Å²) < 4.78 is 7.84. The number of hydrogen-bond acceptors (Lipinski definition) is 4. The van der Waals surface area contributed by atoms with Crippen molar-refractivity contribution >= 4 is 39.7 Å². The molecule has 3 aromatic carbocycles. The summed E-state index contributed by atoms with van der Waals surface area (Å²) in [6.45, 7) is 6.60. The van der Waals surface area contributed by atoms with Crippen LogP contribution in [0.4, 0.5) is 0 Å². The van der Waals surface area contributed by atoms with E-state index in [2.05, 4.69) is 110 Å². The van der Waals surface area contributed by atoms with Crippen molar-refractivity contribution in [2.75, 3.05) is 0 Å². The molecule has 53 heavy (non-hydrogen) atoms. The van der Waals surface area contributed by atoms with Crippen molar-refractivity contribution in [3.8, 4) is 33.8 Å². The molecule has 1 saturated carbocycles. The van der Waals surface area contributed by atoms with Crippen molar-refractivity contribution < 1.29 is 24.5 Å². The van der Waals surface area contributed by atoms with Gasteiger partial charge in [-0.3, -0.25) is 0 Å². The Bertz CT molecular complexity index is 2280. The molecule has 0 atom stereocenters. The summed E-state index contributed by atoms with van der Waals surface area (Å²) >= 11 is -1.89. The van der Waals surface area contributed by atoms with Gasteiger partial charge >= 0.3 is 144 Å². The number of fused-ring (bicyclic) bond motifs is 3. The normalized spacial score (nSPS) is 13.7. The van der Waals surface area contributed by atoms with Crippen LogP contribution in [0.2, 0.25) is 17.3 Å². The number of aromatic nitrogens is 3. The quantitative estimate of drug-likeness (QED) is 0.123. The second kappa shape index (κ2) is 16.6. The third kappa shape index (κ3) is 9.08. The number of furan rings is 1. The monoisotopic (exact) mass is 938 g/mol. The van der Waals surface area contributed by atoms with Crippen LogP contribution in [0.5, 0.6) is 0 Å². The summed E-state index contributed by atoms with van der Waals surface area (Å²) in [5.41, 5.74) is 10.2. The smallest absolute Gasteiger partial charge is 0 e. The second-order valence-electron chi connectivity index (χ2n) is 16.3. The fourth-order valence-electron chi connectivity index (χ4n) is 7.36. The van der Waals surface area contributed by atoms with Gasteiger partial charge in [0.2, 0.25) is 5.71 Å². The summed E-state index contributed by atoms with van der Waals surface area (Å²) in [7, 11) is 0. The van der Waals surface area contributed by atoms with Crippen LogP contribution in [0, 0.1) is 18.1 Å². The Morgan fingerprint density at radius 1 is 0.755 bits per heavy atom. The predicted octanol–water partition coefficient (Wildman–Crippen LogP) is 12.0. The first-order chi connectivity index (χ1) is 25.0. The van der Waals surface area contributed by atoms with Crippen LogP contribution in [-0.2, 0) is 31.9 Å². The van der Waals surface area contributed by atoms with Gasteiger partial charge in [0.15, 0.2) is 0 Å². The van der Waals surface area contributed by atoms with Gasteiger partial charge in [0.25, 0.3) is 0 Å². The van der Waals surface area contributed by atoms with E-state index in [1.807, 2.05) is 54.7 Å². The fourth-order valence-corrected chi connectivity index (χ4v) is 10.7. The molecule has 0 unspecified atom stereocenters. The molecule has 8 rings (SSSR count). The number of benzene rings is 3. The van der Waals surface area contributed by atoms with Gasteiger partial charge in [0.1, 0.15) is 0 Å². The summed E-state index contributed by atoms with van der Waals surface area (Å²) in [6, 6.07) is 39.6. The molecule has 0 aliphatic heterocycles. The van der Waals surface area contributed by atoms with Crippen molar-refractivity contribution in [1.29, 1.82) is 0 Å². The Labute approximate surface area is 331 Å². The molecular weight excluding hydrogens is 887 g/mol. The number of hydrogen-bond donors (Lipinski definition) is 0. The number of nitrogens with zero attached hydrogens (tertiary/aromatic N) is 3. The molecule has 0 N–H and O–H groups in total. The van der Waals surface area contributed by atoms with Crippen molar-refractivity contribution in [1.82, 2.24) is 15.0 Å². The predicted molar refractivity (Wildman–Crippen MR) is 219 cm³/mol. The van der Waals surface area contributed by atoms with Crippen LogP contribution in [0.3, 0.4) is 0 Å². The first kappa shape index (κ1) is 38.8. The minimum absolute atomic E-state index is 0. The van der Waals surface area contributed by atoms with Crippen LogP contribution >= 0.6 is 0 Å².